The number of Topliss-reactive ketones (excluding diaryl/α,β-unsaturated/α-hetero) is 1. The van der Waals surface area contributed by atoms with Gasteiger partial charge in [0.25, 0.3) is 11.5 Å². The van der Waals surface area contributed by atoms with E-state index in [0.29, 0.717) is 43.5 Å². The second kappa shape index (κ2) is 8.29. The Hall–Kier alpha value is -2.44. The molecule has 7 nitrogen and oxygen atoms in total. The SMILES string of the molecule is CC1(C)CC(=O)c2cc(C(=O)NCCCCCCC(=O)O)c(=O)[nH]c2C1. The molecule has 1 aliphatic carbocycles. The molecular weight excluding hydrogens is 336 g/mol. The average Bonchev–Trinajstić information content (AvgIpc) is 2.51. The van der Waals surface area contributed by atoms with E-state index in [9.17, 15) is 19.2 Å². The maximum absolute atomic E-state index is 12.3. The Morgan fingerprint density at radius 3 is 2.54 bits per heavy atom. The third kappa shape index (κ3) is 5.28. The Labute approximate surface area is 152 Å². The predicted molar refractivity (Wildman–Crippen MR) is 96.5 cm³/mol. The molecule has 142 valence electrons. The van der Waals surface area contributed by atoms with Crippen molar-refractivity contribution in [1.82, 2.24) is 10.3 Å². The maximum atomic E-state index is 12.3. The van der Waals surface area contributed by atoms with Crippen molar-refractivity contribution in [3.05, 3.63) is 33.2 Å². The number of H-pyrrole nitrogens is 1. The molecule has 1 aliphatic rings. The van der Waals surface area contributed by atoms with Crippen LogP contribution >= 0.6 is 0 Å². The number of unbranched alkanes of at least 4 members (excludes halogenated alkanes) is 3. The molecule has 0 aromatic carbocycles. The molecule has 7 heteroatoms. The molecule has 0 saturated carbocycles. The van der Waals surface area contributed by atoms with Crippen molar-refractivity contribution in [3.8, 4) is 0 Å². The highest BCUT2D eigenvalue weighted by molar-refractivity contribution is 6.02. The topological polar surface area (TPSA) is 116 Å². The van der Waals surface area contributed by atoms with E-state index in [1.165, 1.54) is 6.07 Å². The van der Waals surface area contributed by atoms with E-state index in [-0.39, 0.29) is 23.2 Å². The zero-order chi connectivity index (χ0) is 19.3. The zero-order valence-corrected chi connectivity index (χ0v) is 15.3. The molecule has 0 unspecified atom stereocenters. The van der Waals surface area contributed by atoms with Gasteiger partial charge in [-0.15, -0.1) is 0 Å². The van der Waals surface area contributed by atoms with Gasteiger partial charge in [0.05, 0.1) is 0 Å². The highest BCUT2D eigenvalue weighted by atomic mass is 16.4. The second-order valence-electron chi connectivity index (χ2n) is 7.66. The number of hydrogen-bond donors (Lipinski definition) is 3. The number of fused-ring (bicyclic) bond motifs is 1. The number of amides is 1. The quantitative estimate of drug-likeness (QED) is 0.614. The lowest BCUT2D eigenvalue weighted by Crippen LogP contribution is -2.35. The van der Waals surface area contributed by atoms with Gasteiger partial charge in [-0.25, -0.2) is 0 Å². The van der Waals surface area contributed by atoms with E-state index in [1.807, 2.05) is 13.8 Å². The summed E-state index contributed by atoms with van der Waals surface area (Å²) >= 11 is 0. The number of rotatable bonds is 8. The lowest BCUT2D eigenvalue weighted by Gasteiger charge is -2.29. The highest BCUT2D eigenvalue weighted by Crippen LogP contribution is 2.33. The van der Waals surface area contributed by atoms with Crippen molar-refractivity contribution in [1.29, 1.82) is 0 Å². The smallest absolute Gasteiger partial charge is 0.303 e. The summed E-state index contributed by atoms with van der Waals surface area (Å²) in [4.78, 5) is 49.9. The standard InChI is InChI=1S/C19H26N2O5/c1-19(2)10-14-12(15(22)11-19)9-13(18(26)21-14)17(25)20-8-6-4-3-5-7-16(23)24/h9H,3-8,10-11H2,1-2H3,(H,20,25)(H,21,26)(H,23,24). The number of hydrogen-bond acceptors (Lipinski definition) is 4. The summed E-state index contributed by atoms with van der Waals surface area (Å²) in [6, 6.07) is 1.41. The van der Waals surface area contributed by atoms with Crippen molar-refractivity contribution < 1.29 is 19.5 Å². The third-order valence-corrected chi connectivity index (χ3v) is 4.57. The van der Waals surface area contributed by atoms with Crippen molar-refractivity contribution in [3.63, 3.8) is 0 Å². The highest BCUT2D eigenvalue weighted by Gasteiger charge is 2.32. The molecule has 0 aliphatic heterocycles. The van der Waals surface area contributed by atoms with Crippen LogP contribution in [0.3, 0.4) is 0 Å². The van der Waals surface area contributed by atoms with Crippen LogP contribution < -0.4 is 10.9 Å². The molecule has 0 fully saturated rings. The Bertz CT molecular complexity index is 764. The number of carbonyl (C=O) groups is 3. The lowest BCUT2D eigenvalue weighted by atomic mass is 9.75. The minimum absolute atomic E-state index is 0.0392. The summed E-state index contributed by atoms with van der Waals surface area (Å²) in [6.07, 6.45) is 4.06. The van der Waals surface area contributed by atoms with Gasteiger partial charge >= 0.3 is 5.97 Å². The second-order valence-corrected chi connectivity index (χ2v) is 7.66. The number of aliphatic carboxylic acids is 1. The van der Waals surface area contributed by atoms with Crippen LogP contribution in [0.1, 0.15) is 78.8 Å². The minimum atomic E-state index is -0.803. The fourth-order valence-corrected chi connectivity index (χ4v) is 3.25. The van der Waals surface area contributed by atoms with Crippen LogP contribution in [-0.2, 0) is 11.2 Å². The molecule has 26 heavy (non-hydrogen) atoms. The van der Waals surface area contributed by atoms with Crippen molar-refractivity contribution in [2.45, 2.75) is 58.8 Å². The van der Waals surface area contributed by atoms with Crippen LogP contribution in [0.5, 0.6) is 0 Å². The molecule has 0 radical (unpaired) electrons. The number of carbonyl (C=O) groups excluding carboxylic acids is 2. The number of aromatic amines is 1. The molecule has 0 spiro atoms. The van der Waals surface area contributed by atoms with Gasteiger partial charge in [0.15, 0.2) is 5.78 Å². The Morgan fingerprint density at radius 2 is 1.85 bits per heavy atom. The van der Waals surface area contributed by atoms with Crippen LogP contribution in [0.4, 0.5) is 0 Å². The normalized spacial score (nSPS) is 15.4. The summed E-state index contributed by atoms with van der Waals surface area (Å²) in [7, 11) is 0. The molecule has 1 amide bonds. The van der Waals surface area contributed by atoms with Crippen LogP contribution in [0.15, 0.2) is 10.9 Å². The number of nitrogens with one attached hydrogen (secondary N) is 2. The molecule has 0 saturated heterocycles. The molecule has 3 N–H and O–H groups in total. The van der Waals surface area contributed by atoms with Crippen molar-refractivity contribution in [2.75, 3.05) is 6.54 Å². The number of carboxylic acids is 1. The van der Waals surface area contributed by atoms with E-state index >= 15 is 0 Å². The third-order valence-electron chi connectivity index (χ3n) is 4.57. The van der Waals surface area contributed by atoms with Crippen molar-refractivity contribution >= 4 is 17.7 Å². The van der Waals surface area contributed by atoms with Gasteiger partial charge in [-0.05, 0) is 30.7 Å². The van der Waals surface area contributed by atoms with E-state index in [0.717, 1.165) is 12.8 Å². The Balaban J connectivity index is 1.92. The Morgan fingerprint density at radius 1 is 1.15 bits per heavy atom. The largest absolute Gasteiger partial charge is 0.481 e. The van der Waals surface area contributed by atoms with Crippen LogP contribution in [0, 0.1) is 5.41 Å². The van der Waals surface area contributed by atoms with Gasteiger partial charge in [0.1, 0.15) is 5.56 Å². The zero-order valence-electron chi connectivity index (χ0n) is 15.3. The summed E-state index contributed by atoms with van der Waals surface area (Å²) in [5.74, 6) is -1.35. The number of pyridine rings is 1. The van der Waals surface area contributed by atoms with Gasteiger partial charge in [0.2, 0.25) is 0 Å². The monoisotopic (exact) mass is 362 g/mol. The fourth-order valence-electron chi connectivity index (χ4n) is 3.25. The minimum Gasteiger partial charge on any atom is -0.481 e. The molecule has 1 aromatic rings. The van der Waals surface area contributed by atoms with Gasteiger partial charge in [-0.2, -0.15) is 0 Å². The van der Waals surface area contributed by atoms with Gasteiger partial charge in [-0.1, -0.05) is 26.7 Å². The number of aromatic nitrogens is 1. The van der Waals surface area contributed by atoms with Gasteiger partial charge < -0.3 is 15.4 Å². The van der Waals surface area contributed by atoms with E-state index < -0.39 is 17.4 Å². The van der Waals surface area contributed by atoms with Crippen LogP contribution in [0.2, 0.25) is 0 Å². The molecule has 0 bridgehead atoms. The summed E-state index contributed by atoms with van der Waals surface area (Å²) < 4.78 is 0. The number of carboxylic acid groups (broad SMARTS) is 1. The summed E-state index contributed by atoms with van der Waals surface area (Å²) in [5.41, 5.74) is 0.321. The first-order valence-electron chi connectivity index (χ1n) is 8.99. The van der Waals surface area contributed by atoms with Crippen LogP contribution in [-0.4, -0.2) is 34.3 Å². The van der Waals surface area contributed by atoms with Crippen LogP contribution in [0.25, 0.3) is 0 Å². The van der Waals surface area contributed by atoms with E-state index in [2.05, 4.69) is 10.3 Å². The molecule has 1 aromatic heterocycles. The van der Waals surface area contributed by atoms with Gasteiger partial charge in [0, 0.05) is 30.6 Å². The van der Waals surface area contributed by atoms with Gasteiger partial charge in [-0.3, -0.25) is 19.2 Å². The van der Waals surface area contributed by atoms with E-state index in [4.69, 9.17) is 5.11 Å². The molecule has 1 heterocycles. The fraction of sp³-hybridized carbons (Fsp3) is 0.579. The average molecular weight is 362 g/mol. The first kappa shape index (κ1) is 19.9. The first-order chi connectivity index (χ1) is 12.2. The molecular formula is C19H26N2O5. The predicted octanol–water partition coefficient (Wildman–Crippen LogP) is 2.29. The number of ketones is 1. The maximum Gasteiger partial charge on any atom is 0.303 e. The summed E-state index contributed by atoms with van der Waals surface area (Å²) in [6.45, 7) is 4.36. The molecule has 0 atom stereocenters. The molecule has 2 rings (SSSR count). The summed E-state index contributed by atoms with van der Waals surface area (Å²) in [5, 5.41) is 11.2. The van der Waals surface area contributed by atoms with Crippen molar-refractivity contribution in [2.24, 2.45) is 5.41 Å². The first-order valence-corrected chi connectivity index (χ1v) is 8.99. The Kier molecular flexibility index (Phi) is 6.34. The lowest BCUT2D eigenvalue weighted by molar-refractivity contribution is -0.137. The van der Waals surface area contributed by atoms with E-state index in [1.54, 1.807) is 0 Å².